The lowest BCUT2D eigenvalue weighted by molar-refractivity contribution is -0.119. The first kappa shape index (κ1) is 29.2. The van der Waals surface area contributed by atoms with Gasteiger partial charge in [-0.25, -0.2) is 4.39 Å². The van der Waals surface area contributed by atoms with E-state index in [9.17, 15) is 14.0 Å². The Hall–Kier alpha value is -3.26. The van der Waals surface area contributed by atoms with Crippen molar-refractivity contribution in [1.29, 1.82) is 0 Å². The van der Waals surface area contributed by atoms with E-state index in [0.717, 1.165) is 56.4 Å². The van der Waals surface area contributed by atoms with Crippen molar-refractivity contribution in [3.63, 3.8) is 0 Å². The number of benzene rings is 1. The van der Waals surface area contributed by atoms with E-state index in [-0.39, 0.29) is 17.9 Å². The number of fused-ring (bicyclic) bond motifs is 1. The summed E-state index contributed by atoms with van der Waals surface area (Å²) in [5.74, 6) is 0.713. The molecule has 2 aromatic heterocycles. The van der Waals surface area contributed by atoms with Crippen LogP contribution in [0.4, 0.5) is 4.39 Å². The fourth-order valence-electron chi connectivity index (χ4n) is 6.81. The predicted molar refractivity (Wildman–Crippen MR) is 161 cm³/mol. The third kappa shape index (κ3) is 6.48. The summed E-state index contributed by atoms with van der Waals surface area (Å²) in [6.07, 6.45) is 12.5. The molecule has 7 nitrogen and oxygen atoms in total. The van der Waals surface area contributed by atoms with Gasteiger partial charge in [0, 0.05) is 56.9 Å². The number of hydrogen-bond donors (Lipinski definition) is 1. The maximum atomic E-state index is 14.4. The molecule has 2 amide bonds. The summed E-state index contributed by atoms with van der Waals surface area (Å²) >= 11 is 0. The van der Waals surface area contributed by atoms with E-state index >= 15 is 0 Å². The molecule has 8 heteroatoms. The smallest absolute Gasteiger partial charge is 0.256 e. The highest BCUT2D eigenvalue weighted by Crippen LogP contribution is 2.33. The quantitative estimate of drug-likeness (QED) is 0.394. The summed E-state index contributed by atoms with van der Waals surface area (Å²) in [6, 6.07) is 4.82. The van der Waals surface area contributed by atoms with Gasteiger partial charge in [-0.15, -0.1) is 0 Å². The second kappa shape index (κ2) is 12.3. The molecule has 3 heterocycles. The Morgan fingerprint density at radius 3 is 2.59 bits per heavy atom. The van der Waals surface area contributed by atoms with E-state index in [1.54, 1.807) is 24.9 Å². The Morgan fingerprint density at radius 1 is 1.12 bits per heavy atom. The molecule has 1 aliphatic carbocycles. The molecule has 3 aromatic rings. The van der Waals surface area contributed by atoms with Crippen LogP contribution >= 0.6 is 0 Å². The van der Waals surface area contributed by atoms with Gasteiger partial charge in [-0.2, -0.15) is 0 Å². The molecule has 1 atom stereocenters. The molecular weight excluding hydrogens is 517 g/mol. The Bertz CT molecular complexity index is 1410. The third-order valence-corrected chi connectivity index (χ3v) is 9.17. The third-order valence-electron chi connectivity index (χ3n) is 9.17. The minimum atomic E-state index is -0.421. The van der Waals surface area contributed by atoms with E-state index in [0.29, 0.717) is 29.1 Å². The molecule has 2 fully saturated rings. The standard InChI is InChI=1S/C33H44FN5O2/c1-21(2)37(5)33(41)29-15-27(34)8-11-30(29)39-20-26(32-22(3)16-35-17-31(32)39)14-25-12-13-38(19-25)18-24-6-9-28(10-7-24)36-23(4)40/h8,11,15-17,20-21,24-25,28H,6-7,9-10,12-14,18-19H2,1-5H3,(H,36,40)/t24?,25-,28?/m1/s1. The van der Waals surface area contributed by atoms with E-state index in [4.69, 9.17) is 0 Å². The van der Waals surface area contributed by atoms with Gasteiger partial charge < -0.3 is 19.7 Å². The second-order valence-corrected chi connectivity index (χ2v) is 12.6. The molecule has 0 unspecified atom stereocenters. The normalized spacial score (nSPS) is 21.5. The van der Waals surface area contributed by atoms with E-state index in [1.165, 1.54) is 35.9 Å². The number of hydrogen-bond acceptors (Lipinski definition) is 4. The van der Waals surface area contributed by atoms with Gasteiger partial charge in [0.2, 0.25) is 5.91 Å². The average molecular weight is 562 g/mol. The highest BCUT2D eigenvalue weighted by Gasteiger charge is 2.29. The van der Waals surface area contributed by atoms with Crippen molar-refractivity contribution in [3.05, 3.63) is 59.3 Å². The zero-order valence-electron chi connectivity index (χ0n) is 25.1. The number of carbonyl (C=O) groups excluding carboxylic acids is 2. The van der Waals surface area contributed by atoms with Gasteiger partial charge in [0.15, 0.2) is 0 Å². The van der Waals surface area contributed by atoms with Crippen LogP contribution in [-0.4, -0.2) is 69.9 Å². The van der Waals surface area contributed by atoms with Gasteiger partial charge in [-0.3, -0.25) is 14.6 Å². The zero-order valence-corrected chi connectivity index (χ0v) is 25.1. The number of carbonyl (C=O) groups is 2. The molecule has 2 aliphatic rings. The lowest BCUT2D eigenvalue weighted by Gasteiger charge is -2.31. The van der Waals surface area contributed by atoms with Gasteiger partial charge in [-0.1, -0.05) is 0 Å². The van der Waals surface area contributed by atoms with Crippen LogP contribution in [0.25, 0.3) is 16.6 Å². The summed E-state index contributed by atoms with van der Waals surface area (Å²) in [5.41, 5.74) is 4.33. The number of likely N-dealkylation sites (tertiary alicyclic amines) is 1. The molecule has 41 heavy (non-hydrogen) atoms. The Labute approximate surface area is 243 Å². The van der Waals surface area contributed by atoms with Gasteiger partial charge >= 0.3 is 0 Å². The Kier molecular flexibility index (Phi) is 8.78. The number of halogens is 1. The number of rotatable bonds is 8. The van der Waals surface area contributed by atoms with Crippen molar-refractivity contribution in [2.75, 3.05) is 26.7 Å². The maximum absolute atomic E-state index is 14.4. The van der Waals surface area contributed by atoms with Gasteiger partial charge in [0.1, 0.15) is 5.82 Å². The number of amides is 2. The molecule has 0 radical (unpaired) electrons. The minimum absolute atomic E-state index is 0.00273. The van der Waals surface area contributed by atoms with Crippen LogP contribution in [0, 0.1) is 24.6 Å². The van der Waals surface area contributed by atoms with E-state index < -0.39 is 5.82 Å². The van der Waals surface area contributed by atoms with Gasteiger partial charge in [0.05, 0.1) is 23.0 Å². The van der Waals surface area contributed by atoms with E-state index in [1.807, 2.05) is 30.8 Å². The van der Waals surface area contributed by atoms with Crippen LogP contribution in [-0.2, 0) is 11.2 Å². The molecule has 0 spiro atoms. The molecule has 220 valence electrons. The largest absolute Gasteiger partial charge is 0.354 e. The molecule has 1 aliphatic heterocycles. The van der Waals surface area contributed by atoms with Crippen molar-refractivity contribution in [2.24, 2.45) is 11.8 Å². The Morgan fingerprint density at radius 2 is 1.88 bits per heavy atom. The number of pyridine rings is 1. The summed E-state index contributed by atoms with van der Waals surface area (Å²) in [4.78, 5) is 33.5. The monoisotopic (exact) mass is 561 g/mol. The molecule has 1 saturated heterocycles. The number of aromatic nitrogens is 2. The predicted octanol–water partition coefficient (Wildman–Crippen LogP) is 5.51. The van der Waals surface area contributed by atoms with Crippen molar-refractivity contribution in [1.82, 2.24) is 24.7 Å². The van der Waals surface area contributed by atoms with Crippen molar-refractivity contribution < 1.29 is 14.0 Å². The second-order valence-electron chi connectivity index (χ2n) is 12.6. The summed E-state index contributed by atoms with van der Waals surface area (Å²) < 4.78 is 16.4. The average Bonchev–Trinajstić information content (AvgIpc) is 3.53. The van der Waals surface area contributed by atoms with Crippen molar-refractivity contribution in [3.8, 4) is 5.69 Å². The fraction of sp³-hybridized carbons (Fsp3) is 0.545. The fourth-order valence-corrected chi connectivity index (χ4v) is 6.81. The van der Waals surface area contributed by atoms with Crippen LogP contribution < -0.4 is 5.32 Å². The van der Waals surface area contributed by atoms with Crippen LogP contribution in [0.1, 0.15) is 74.4 Å². The lowest BCUT2D eigenvalue weighted by atomic mass is 9.85. The SMILES string of the molecule is CC(=O)NC1CCC(CN2CC[C@H](Cc3cn(-c4ccc(F)cc4C(=O)N(C)C(C)C)c4cncc(C)c34)C2)CC1. The molecule has 1 N–H and O–H groups in total. The highest BCUT2D eigenvalue weighted by atomic mass is 19.1. The minimum Gasteiger partial charge on any atom is -0.354 e. The zero-order chi connectivity index (χ0) is 29.3. The van der Waals surface area contributed by atoms with Gasteiger partial charge in [-0.05, 0) is 107 Å². The van der Waals surface area contributed by atoms with Crippen LogP contribution in [0.5, 0.6) is 0 Å². The molecule has 5 rings (SSSR count). The maximum Gasteiger partial charge on any atom is 0.256 e. The molecule has 0 bridgehead atoms. The molecular formula is C33H44FN5O2. The summed E-state index contributed by atoms with van der Waals surface area (Å²) in [6.45, 7) is 10.9. The topological polar surface area (TPSA) is 70.5 Å². The first-order valence-electron chi connectivity index (χ1n) is 15.1. The first-order chi connectivity index (χ1) is 19.6. The molecule has 1 aromatic carbocycles. The van der Waals surface area contributed by atoms with Crippen LogP contribution in [0.3, 0.4) is 0 Å². The van der Waals surface area contributed by atoms with Gasteiger partial charge in [0.25, 0.3) is 5.91 Å². The number of nitrogens with one attached hydrogen (secondary N) is 1. The lowest BCUT2D eigenvalue weighted by Crippen LogP contribution is -2.38. The van der Waals surface area contributed by atoms with Crippen molar-refractivity contribution >= 4 is 22.7 Å². The Balaban J connectivity index is 1.34. The highest BCUT2D eigenvalue weighted by molar-refractivity contribution is 5.99. The molecule has 1 saturated carbocycles. The van der Waals surface area contributed by atoms with Crippen LogP contribution in [0.15, 0.2) is 36.8 Å². The van der Waals surface area contributed by atoms with E-state index in [2.05, 4.69) is 28.3 Å². The summed E-state index contributed by atoms with van der Waals surface area (Å²) in [5, 5.41) is 4.26. The number of nitrogens with zero attached hydrogens (tertiary/aromatic N) is 4. The first-order valence-corrected chi connectivity index (χ1v) is 15.1. The van der Waals surface area contributed by atoms with Crippen molar-refractivity contribution in [2.45, 2.75) is 78.3 Å². The summed E-state index contributed by atoms with van der Waals surface area (Å²) in [7, 11) is 1.76. The van der Waals surface area contributed by atoms with Crippen LogP contribution in [0.2, 0.25) is 0 Å². The number of aryl methyl sites for hydroxylation is 1.